The van der Waals surface area contributed by atoms with Gasteiger partial charge in [-0.15, -0.1) is 24.8 Å². The molecule has 0 bridgehead atoms. The molecule has 284 valence electrons. The van der Waals surface area contributed by atoms with Gasteiger partial charge >= 0.3 is 333 Å². The second-order valence-corrected chi connectivity index (χ2v) is 22.2. The average molecular weight is 853 g/mol. The minimum atomic E-state index is -2.81. The van der Waals surface area contributed by atoms with Crippen molar-refractivity contribution in [2.24, 2.45) is 5.41 Å². The van der Waals surface area contributed by atoms with Gasteiger partial charge in [-0.25, -0.2) is 0 Å². The zero-order valence-corrected chi connectivity index (χ0v) is 37.2. The van der Waals surface area contributed by atoms with Crippen LogP contribution in [-0.2, 0) is 47.0 Å². The monoisotopic (exact) mass is 850 g/mol. The zero-order valence-electron chi connectivity index (χ0n) is 33.1. The van der Waals surface area contributed by atoms with Crippen molar-refractivity contribution in [1.29, 1.82) is 0 Å². The number of fused-ring (bicyclic) bond motifs is 2. The van der Waals surface area contributed by atoms with Crippen LogP contribution in [0.1, 0.15) is 72.9 Å². The van der Waals surface area contributed by atoms with Gasteiger partial charge in [0.15, 0.2) is 0 Å². The SMILES string of the molecule is CCCCC1(C)C(Cc2ccccc2)=CC2=c3cc(Cc4ccccc4)c(C)cc3=CC2=[C]1[Zr]([C]1=CC=CC1)=[C](Cc1ccccc1)Cc1ccccc1.Cl.Cl. The van der Waals surface area contributed by atoms with Crippen molar-refractivity contribution in [3.8, 4) is 0 Å². The predicted octanol–water partition coefficient (Wildman–Crippen LogP) is 12.1. The fourth-order valence-corrected chi connectivity index (χ4v) is 18.4. The second-order valence-electron chi connectivity index (χ2n) is 15.8. The summed E-state index contributed by atoms with van der Waals surface area (Å²) in [6.07, 6.45) is 21.3. The molecular formula is C53H54Cl2Zr. The molecular weight excluding hydrogens is 799 g/mol. The minimum Gasteiger partial charge on any atom is -0.147 e. The molecule has 0 aliphatic heterocycles. The third kappa shape index (κ3) is 8.97. The molecule has 0 radical (unpaired) electrons. The molecule has 0 N–H and O–H groups in total. The molecule has 1 atom stereocenters. The van der Waals surface area contributed by atoms with E-state index in [9.17, 15) is 0 Å². The molecule has 0 aromatic heterocycles. The van der Waals surface area contributed by atoms with E-state index in [-0.39, 0.29) is 30.2 Å². The summed E-state index contributed by atoms with van der Waals surface area (Å²) in [4.78, 5) is 0. The van der Waals surface area contributed by atoms with Crippen molar-refractivity contribution >= 4 is 39.7 Å². The average Bonchev–Trinajstić information content (AvgIpc) is 3.85. The molecule has 0 spiro atoms. The Kier molecular flexibility index (Phi) is 14.2. The van der Waals surface area contributed by atoms with E-state index in [4.69, 9.17) is 0 Å². The molecule has 56 heavy (non-hydrogen) atoms. The standard InChI is InChI=1S/C33H33.C15H14.C5H5.2ClH.Zr/c1-4-5-16-33(3)23-29-20-28-17-24(2)27(18-25-12-8-6-9-13-25)21-31(28)32(29)22-30(33)19-26-14-10-7-11-15-26;1-3-8-14(9-4-1)12-7-13-15-10-5-2-6-11-15;1-2-4-5-3-1;;;/h6-15,17,20-22H,4-5,16,18-19H2,1-3H3;1-6,8-11H,12-13H2;1-3H,4H2;2*1H;. The number of unbranched alkanes of at least 4 members (excludes halogenated alkanes) is 1. The Morgan fingerprint density at radius 2 is 1.21 bits per heavy atom. The third-order valence-electron chi connectivity index (χ3n) is 12.0. The fraction of sp³-hybridized carbons (Fsp3) is 0.226. The van der Waals surface area contributed by atoms with Crippen LogP contribution in [0.5, 0.6) is 0 Å². The van der Waals surface area contributed by atoms with E-state index in [0.717, 1.165) is 32.1 Å². The summed E-state index contributed by atoms with van der Waals surface area (Å²) < 4.78 is 5.34. The van der Waals surface area contributed by atoms with Crippen molar-refractivity contribution < 1.29 is 21.3 Å². The van der Waals surface area contributed by atoms with Gasteiger partial charge in [-0.05, 0) is 0 Å². The Morgan fingerprint density at radius 3 is 1.75 bits per heavy atom. The number of benzene rings is 5. The van der Waals surface area contributed by atoms with E-state index in [1.165, 1.54) is 68.7 Å². The van der Waals surface area contributed by atoms with Gasteiger partial charge in [0.2, 0.25) is 0 Å². The fourth-order valence-electron chi connectivity index (χ4n) is 9.08. The van der Waals surface area contributed by atoms with Crippen molar-refractivity contribution in [2.45, 2.75) is 72.1 Å². The molecule has 0 nitrogen and oxygen atoms in total. The third-order valence-corrected chi connectivity index (χ3v) is 20.3. The summed E-state index contributed by atoms with van der Waals surface area (Å²) >= 11 is -2.81. The number of hydrogen-bond donors (Lipinski definition) is 0. The van der Waals surface area contributed by atoms with Gasteiger partial charge in [-0.3, -0.25) is 0 Å². The molecule has 5 aromatic rings. The van der Waals surface area contributed by atoms with Gasteiger partial charge in [-0.2, -0.15) is 0 Å². The van der Waals surface area contributed by atoms with Gasteiger partial charge in [0.1, 0.15) is 0 Å². The quantitative estimate of drug-likeness (QED) is 0.111. The first-order chi connectivity index (χ1) is 26.5. The molecule has 0 saturated carbocycles. The summed E-state index contributed by atoms with van der Waals surface area (Å²) in [5.74, 6) is 0. The summed E-state index contributed by atoms with van der Waals surface area (Å²) in [5, 5.41) is 2.83. The number of halogens is 2. The van der Waals surface area contributed by atoms with Crippen LogP contribution in [0.2, 0.25) is 0 Å². The molecule has 0 saturated heterocycles. The Labute approximate surface area is 355 Å². The Bertz CT molecular complexity index is 2390. The zero-order chi connectivity index (χ0) is 36.9. The molecule has 1 unspecified atom stereocenters. The minimum absolute atomic E-state index is 0. The van der Waals surface area contributed by atoms with Gasteiger partial charge < -0.3 is 0 Å². The maximum Gasteiger partial charge on any atom is -0.147 e. The Hall–Kier alpha value is -3.87. The Balaban J connectivity index is 0.00000266. The second kappa shape index (κ2) is 19.1. The molecule has 0 heterocycles. The van der Waals surface area contributed by atoms with Gasteiger partial charge in [0.05, 0.1) is 0 Å². The number of hydrogen-bond acceptors (Lipinski definition) is 0. The first-order valence-electron chi connectivity index (χ1n) is 20.1. The van der Waals surface area contributed by atoms with Crippen LogP contribution in [0.15, 0.2) is 175 Å². The van der Waals surface area contributed by atoms with Crippen molar-refractivity contribution in [1.82, 2.24) is 0 Å². The Morgan fingerprint density at radius 1 is 0.661 bits per heavy atom. The van der Waals surface area contributed by atoms with E-state index in [0.29, 0.717) is 0 Å². The van der Waals surface area contributed by atoms with Crippen LogP contribution in [0.25, 0.3) is 11.6 Å². The van der Waals surface area contributed by atoms with Gasteiger partial charge in [0, 0.05) is 0 Å². The maximum absolute atomic E-state index is 2.81. The molecule has 3 aliphatic rings. The van der Waals surface area contributed by atoms with E-state index in [1.807, 2.05) is 3.28 Å². The summed E-state index contributed by atoms with van der Waals surface area (Å²) in [6, 6.07) is 50.0. The summed E-state index contributed by atoms with van der Waals surface area (Å²) in [5.41, 5.74) is 13.1. The van der Waals surface area contributed by atoms with Crippen LogP contribution in [0.3, 0.4) is 0 Å². The molecule has 5 aromatic carbocycles. The van der Waals surface area contributed by atoms with Crippen molar-refractivity contribution in [2.75, 3.05) is 0 Å². The first kappa shape index (κ1) is 41.8. The van der Waals surface area contributed by atoms with E-state index < -0.39 is 21.3 Å². The van der Waals surface area contributed by atoms with E-state index >= 15 is 0 Å². The first-order valence-corrected chi connectivity index (χ1v) is 23.7. The van der Waals surface area contributed by atoms with Crippen molar-refractivity contribution in [3.63, 3.8) is 0 Å². The topological polar surface area (TPSA) is 0 Å². The summed E-state index contributed by atoms with van der Waals surface area (Å²) in [6.45, 7) is 7.35. The van der Waals surface area contributed by atoms with Crippen LogP contribution in [-0.4, -0.2) is 3.21 Å². The van der Waals surface area contributed by atoms with Crippen LogP contribution < -0.4 is 10.4 Å². The molecule has 3 aliphatic carbocycles. The van der Waals surface area contributed by atoms with Crippen LogP contribution >= 0.6 is 24.8 Å². The van der Waals surface area contributed by atoms with Crippen LogP contribution in [0, 0.1) is 12.3 Å². The molecule has 0 fully saturated rings. The van der Waals surface area contributed by atoms with Gasteiger partial charge in [-0.1, -0.05) is 0 Å². The predicted molar refractivity (Wildman–Crippen MR) is 242 cm³/mol. The largest absolute Gasteiger partial charge is 0.147 e. The molecule has 0 amide bonds. The van der Waals surface area contributed by atoms with Crippen molar-refractivity contribution in [3.05, 3.63) is 219 Å². The van der Waals surface area contributed by atoms with E-state index in [1.54, 1.807) is 17.6 Å². The maximum atomic E-state index is 2.67. The number of rotatable bonds is 13. The van der Waals surface area contributed by atoms with E-state index in [2.05, 4.69) is 185 Å². The smallest absolute Gasteiger partial charge is 0.147 e. The van der Waals surface area contributed by atoms with Crippen LogP contribution in [0.4, 0.5) is 0 Å². The number of allylic oxidation sites excluding steroid dienone is 8. The number of aryl methyl sites for hydroxylation is 1. The van der Waals surface area contributed by atoms with Gasteiger partial charge in [0.25, 0.3) is 0 Å². The normalized spacial score (nSPS) is 16.5. The summed E-state index contributed by atoms with van der Waals surface area (Å²) in [7, 11) is 0. The molecule has 8 rings (SSSR count). The molecule has 3 heteroatoms.